The maximum absolute atomic E-state index is 12.6. The van der Waals surface area contributed by atoms with E-state index in [1.54, 1.807) is 29.5 Å². The number of carbonyl (C=O) groups is 1. The Bertz CT molecular complexity index is 848. The highest BCUT2D eigenvalue weighted by Crippen LogP contribution is 2.40. The minimum absolute atomic E-state index is 0.00393. The second-order valence-corrected chi connectivity index (χ2v) is 7.31. The third kappa shape index (κ3) is 2.35. The predicted molar refractivity (Wildman–Crippen MR) is 90.4 cm³/mol. The predicted octanol–water partition coefficient (Wildman–Crippen LogP) is 1.08. The zero-order chi connectivity index (χ0) is 16.8. The molecule has 0 saturated carbocycles. The molecule has 2 atom stereocenters. The van der Waals surface area contributed by atoms with Crippen molar-refractivity contribution >= 4 is 27.9 Å². The fourth-order valence-corrected chi connectivity index (χ4v) is 4.77. The van der Waals surface area contributed by atoms with Crippen LogP contribution in [-0.4, -0.2) is 24.4 Å². The third-order valence-electron chi connectivity index (χ3n) is 4.58. The molecule has 1 aromatic carbocycles. The van der Waals surface area contributed by atoms with Crippen LogP contribution in [0.1, 0.15) is 32.5 Å². The van der Waals surface area contributed by atoms with Gasteiger partial charge in [-0.3, -0.25) is 14.9 Å². The molecular formula is C16H17N4O3S+. The van der Waals surface area contributed by atoms with Gasteiger partial charge in [0.25, 0.3) is 11.6 Å². The van der Waals surface area contributed by atoms with Crippen molar-refractivity contribution in [2.75, 3.05) is 18.9 Å². The Morgan fingerprint density at radius 1 is 1.33 bits per heavy atom. The van der Waals surface area contributed by atoms with Crippen LogP contribution in [0.4, 0.5) is 10.7 Å². The normalized spacial score (nSPS) is 22.1. The van der Waals surface area contributed by atoms with E-state index in [1.165, 1.54) is 15.8 Å². The number of hydrogen-bond acceptors (Lipinski definition) is 5. The lowest BCUT2D eigenvalue weighted by Gasteiger charge is -2.26. The highest BCUT2D eigenvalue weighted by atomic mass is 32.1. The Morgan fingerprint density at radius 2 is 2.12 bits per heavy atom. The summed E-state index contributed by atoms with van der Waals surface area (Å²) in [5, 5.41) is 18.2. The van der Waals surface area contributed by atoms with Crippen molar-refractivity contribution < 1.29 is 14.6 Å². The van der Waals surface area contributed by atoms with E-state index in [4.69, 9.17) is 0 Å². The summed E-state index contributed by atoms with van der Waals surface area (Å²) in [5.74, 6) is -0.149. The number of thiophene rings is 1. The molecule has 2 aromatic rings. The van der Waals surface area contributed by atoms with Crippen molar-refractivity contribution in [1.82, 2.24) is 5.32 Å². The molecule has 1 amide bonds. The third-order valence-corrected chi connectivity index (χ3v) is 5.74. The number of rotatable bonds is 2. The van der Waals surface area contributed by atoms with Crippen molar-refractivity contribution in [2.24, 2.45) is 0 Å². The van der Waals surface area contributed by atoms with E-state index in [9.17, 15) is 14.9 Å². The minimum atomic E-state index is -0.586. The average Bonchev–Trinajstić information content (AvgIpc) is 2.92. The number of quaternary nitrogens is 1. The van der Waals surface area contributed by atoms with Crippen LogP contribution in [0.15, 0.2) is 24.3 Å². The van der Waals surface area contributed by atoms with Crippen LogP contribution in [0.2, 0.25) is 0 Å². The molecule has 4 rings (SSSR count). The van der Waals surface area contributed by atoms with Gasteiger partial charge in [0, 0.05) is 12.5 Å². The van der Waals surface area contributed by atoms with Gasteiger partial charge in [-0.1, -0.05) is 12.1 Å². The van der Waals surface area contributed by atoms with Gasteiger partial charge in [0.1, 0.15) is 17.7 Å². The van der Waals surface area contributed by atoms with E-state index in [0.717, 1.165) is 35.6 Å². The molecule has 1 unspecified atom stereocenters. The lowest BCUT2D eigenvalue weighted by atomic mass is 10.0. The summed E-state index contributed by atoms with van der Waals surface area (Å²) in [6.45, 7) is 1.93. The molecule has 0 spiro atoms. The van der Waals surface area contributed by atoms with Gasteiger partial charge in [0.2, 0.25) is 0 Å². The van der Waals surface area contributed by atoms with Crippen LogP contribution in [0.3, 0.4) is 0 Å². The zero-order valence-corrected chi connectivity index (χ0v) is 13.9. The lowest BCUT2D eigenvalue weighted by molar-refractivity contribution is -0.895. The summed E-state index contributed by atoms with van der Waals surface area (Å²) in [4.78, 5) is 26.1. The number of fused-ring (bicyclic) bond motifs is 3. The van der Waals surface area contributed by atoms with Gasteiger partial charge in [-0.15, -0.1) is 11.3 Å². The fourth-order valence-electron chi connectivity index (χ4n) is 3.39. The van der Waals surface area contributed by atoms with Crippen molar-refractivity contribution in [1.29, 1.82) is 0 Å². The van der Waals surface area contributed by atoms with Gasteiger partial charge in [-0.05, 0) is 11.6 Å². The Morgan fingerprint density at radius 3 is 2.92 bits per heavy atom. The number of nitrogens with one attached hydrogen (secondary N) is 3. The Hall–Kier alpha value is -2.45. The molecular weight excluding hydrogens is 328 g/mol. The summed E-state index contributed by atoms with van der Waals surface area (Å²) >= 11 is 1.60. The molecule has 2 aliphatic heterocycles. The van der Waals surface area contributed by atoms with Crippen molar-refractivity contribution in [3.63, 3.8) is 0 Å². The molecule has 0 saturated heterocycles. The Kier molecular flexibility index (Phi) is 3.50. The number of nitro groups is 1. The highest BCUT2D eigenvalue weighted by Gasteiger charge is 2.35. The van der Waals surface area contributed by atoms with Crippen LogP contribution in [0.5, 0.6) is 0 Å². The number of carbonyl (C=O) groups excluding carboxylic acids is 1. The quantitative estimate of drug-likeness (QED) is 0.561. The Labute approximate surface area is 142 Å². The van der Waals surface area contributed by atoms with Gasteiger partial charge >= 0.3 is 0 Å². The number of benzene rings is 1. The van der Waals surface area contributed by atoms with E-state index in [-0.39, 0.29) is 11.6 Å². The number of anilines is 1. The molecule has 3 N–H and O–H groups in total. The van der Waals surface area contributed by atoms with Crippen LogP contribution in [0, 0.1) is 10.1 Å². The van der Waals surface area contributed by atoms with Gasteiger partial charge in [-0.2, -0.15) is 0 Å². The smallest absolute Gasteiger partial charge is 0.276 e. The first-order valence-corrected chi connectivity index (χ1v) is 8.63. The maximum atomic E-state index is 12.6. The monoisotopic (exact) mass is 345 g/mol. The van der Waals surface area contributed by atoms with Crippen molar-refractivity contribution in [3.05, 3.63) is 55.9 Å². The van der Waals surface area contributed by atoms with Crippen molar-refractivity contribution in [3.8, 4) is 0 Å². The molecule has 0 radical (unpaired) electrons. The molecule has 24 heavy (non-hydrogen) atoms. The number of amides is 1. The molecule has 124 valence electrons. The SMILES string of the molecule is C[NH+]1CCc2c(sc3c2C(=O)N[C@H](c2ccccc2[N+](=O)[O-])N3)C1. The van der Waals surface area contributed by atoms with Crippen LogP contribution in [0.25, 0.3) is 0 Å². The highest BCUT2D eigenvalue weighted by molar-refractivity contribution is 7.16. The number of nitro benzene ring substituents is 1. The summed E-state index contributed by atoms with van der Waals surface area (Å²) in [7, 11) is 2.14. The van der Waals surface area contributed by atoms with E-state index in [0.29, 0.717) is 5.56 Å². The van der Waals surface area contributed by atoms with E-state index >= 15 is 0 Å². The summed E-state index contributed by atoms with van der Waals surface area (Å²) in [6, 6.07) is 6.49. The van der Waals surface area contributed by atoms with Crippen LogP contribution >= 0.6 is 11.3 Å². The topological polar surface area (TPSA) is 88.7 Å². The van der Waals surface area contributed by atoms with E-state index < -0.39 is 11.1 Å². The standard InChI is InChI=1S/C16H16N4O3S/c1-19-7-6-10-12(8-19)24-16-13(10)15(21)17-14(18-16)9-4-2-3-5-11(9)20(22)23/h2-5,14,18H,6-8H2,1H3,(H,17,21)/p+1/t14-/m0/s1. The minimum Gasteiger partial charge on any atom is -0.352 e. The van der Waals surface area contributed by atoms with Gasteiger partial charge < -0.3 is 15.5 Å². The van der Waals surface area contributed by atoms with E-state index in [2.05, 4.69) is 17.7 Å². The van der Waals surface area contributed by atoms with Gasteiger partial charge in [0.05, 0.1) is 34.5 Å². The van der Waals surface area contributed by atoms with Crippen LogP contribution in [-0.2, 0) is 13.0 Å². The summed E-state index contributed by atoms with van der Waals surface area (Å²) < 4.78 is 0. The maximum Gasteiger partial charge on any atom is 0.276 e. The Balaban J connectivity index is 1.73. The van der Waals surface area contributed by atoms with Crippen LogP contribution < -0.4 is 15.5 Å². The number of likely N-dealkylation sites (N-methyl/N-ethyl adjacent to an activating group) is 1. The number of nitrogens with zero attached hydrogens (tertiary/aromatic N) is 1. The zero-order valence-electron chi connectivity index (χ0n) is 13.1. The molecule has 0 bridgehead atoms. The number of para-hydroxylation sites is 1. The molecule has 7 nitrogen and oxygen atoms in total. The molecule has 0 fully saturated rings. The van der Waals surface area contributed by atoms with Gasteiger partial charge in [0.15, 0.2) is 0 Å². The first kappa shape index (κ1) is 15.1. The van der Waals surface area contributed by atoms with E-state index in [1.807, 2.05) is 0 Å². The van der Waals surface area contributed by atoms with Crippen molar-refractivity contribution in [2.45, 2.75) is 19.1 Å². The average molecular weight is 345 g/mol. The van der Waals surface area contributed by atoms with Gasteiger partial charge in [-0.25, -0.2) is 0 Å². The second kappa shape index (κ2) is 5.57. The second-order valence-electron chi connectivity index (χ2n) is 6.21. The molecule has 8 heteroatoms. The molecule has 0 aliphatic carbocycles. The summed E-state index contributed by atoms with van der Waals surface area (Å²) in [6.07, 6.45) is 0.301. The lowest BCUT2D eigenvalue weighted by Crippen LogP contribution is -3.08. The molecule has 2 aliphatic rings. The summed E-state index contributed by atoms with van der Waals surface area (Å²) in [5.41, 5.74) is 2.32. The first-order valence-electron chi connectivity index (χ1n) is 7.81. The largest absolute Gasteiger partial charge is 0.352 e. The molecule has 3 heterocycles. The molecule has 1 aromatic heterocycles. The number of hydrogen-bond donors (Lipinski definition) is 3. The fraction of sp³-hybridized carbons (Fsp3) is 0.312. The first-order chi connectivity index (χ1) is 11.5.